The highest BCUT2D eigenvalue weighted by Crippen LogP contribution is 2.15. The number of thiophene rings is 1. The van der Waals surface area contributed by atoms with Crippen molar-refractivity contribution >= 4 is 11.3 Å². The summed E-state index contributed by atoms with van der Waals surface area (Å²) in [4.78, 5) is 9.76. The maximum absolute atomic E-state index is 4.54. The fraction of sp³-hybridized carbons (Fsp3) is 0.333. The Morgan fingerprint density at radius 1 is 1.47 bits per heavy atom. The number of nitrogens with one attached hydrogen (secondary N) is 1. The van der Waals surface area contributed by atoms with Crippen LogP contribution in [0.25, 0.3) is 0 Å². The zero-order chi connectivity index (χ0) is 13.1. The zero-order valence-electron chi connectivity index (χ0n) is 10.5. The van der Waals surface area contributed by atoms with Gasteiger partial charge in [-0.1, -0.05) is 13.0 Å². The summed E-state index contributed by atoms with van der Waals surface area (Å²) < 4.78 is 1.79. The van der Waals surface area contributed by atoms with Crippen molar-refractivity contribution in [2.75, 3.05) is 0 Å². The molecule has 3 rings (SSSR count). The lowest BCUT2D eigenvalue weighted by molar-refractivity contribution is 0.524. The zero-order valence-corrected chi connectivity index (χ0v) is 11.3. The Morgan fingerprint density at radius 2 is 2.42 bits per heavy atom. The molecule has 98 valence electrons. The first kappa shape index (κ1) is 12.0. The Labute approximate surface area is 114 Å². The standard InChI is InChI=1S/C12H14N6S/c1-9(6-18-8-13-7-14-18)12-15-11(16-17-12)5-10-3-2-4-19-10/h2-4,7-9H,5-6H2,1H3,(H,15,16,17)/t9-/m0/s1. The Balaban J connectivity index is 1.67. The summed E-state index contributed by atoms with van der Waals surface area (Å²) in [5.74, 6) is 1.93. The fourth-order valence-electron chi connectivity index (χ4n) is 1.88. The number of nitrogens with zero attached hydrogens (tertiary/aromatic N) is 5. The number of hydrogen-bond acceptors (Lipinski definition) is 5. The van der Waals surface area contributed by atoms with Gasteiger partial charge in [-0.05, 0) is 11.4 Å². The van der Waals surface area contributed by atoms with E-state index in [9.17, 15) is 0 Å². The van der Waals surface area contributed by atoms with Gasteiger partial charge >= 0.3 is 0 Å². The SMILES string of the molecule is C[C@@H](Cn1cncn1)c1n[nH]c(Cc2cccs2)n1. The van der Waals surface area contributed by atoms with Crippen molar-refractivity contribution in [3.8, 4) is 0 Å². The molecule has 0 amide bonds. The van der Waals surface area contributed by atoms with Crippen LogP contribution < -0.4 is 0 Å². The second-order valence-corrected chi connectivity index (χ2v) is 5.45. The summed E-state index contributed by atoms with van der Waals surface area (Å²) in [5, 5.41) is 13.4. The highest BCUT2D eigenvalue weighted by atomic mass is 32.1. The molecule has 0 aliphatic rings. The summed E-state index contributed by atoms with van der Waals surface area (Å²) >= 11 is 1.73. The number of aromatic amines is 1. The molecule has 0 fully saturated rings. The summed E-state index contributed by atoms with van der Waals surface area (Å²) in [6.45, 7) is 2.82. The lowest BCUT2D eigenvalue weighted by Gasteiger charge is -2.05. The van der Waals surface area contributed by atoms with Gasteiger partial charge in [0.25, 0.3) is 0 Å². The first-order valence-electron chi connectivity index (χ1n) is 6.07. The van der Waals surface area contributed by atoms with Gasteiger partial charge in [-0.25, -0.2) is 9.97 Å². The van der Waals surface area contributed by atoms with Crippen molar-refractivity contribution < 1.29 is 0 Å². The van der Waals surface area contributed by atoms with Crippen molar-refractivity contribution in [3.05, 3.63) is 46.7 Å². The highest BCUT2D eigenvalue weighted by molar-refractivity contribution is 7.09. The van der Waals surface area contributed by atoms with Crippen LogP contribution in [-0.4, -0.2) is 29.9 Å². The molecule has 0 spiro atoms. The van der Waals surface area contributed by atoms with E-state index in [1.54, 1.807) is 22.3 Å². The molecule has 0 bridgehead atoms. The number of hydrogen-bond donors (Lipinski definition) is 1. The first-order chi connectivity index (χ1) is 9.31. The molecule has 3 aromatic heterocycles. The van der Waals surface area contributed by atoms with Crippen molar-refractivity contribution in [3.63, 3.8) is 0 Å². The first-order valence-corrected chi connectivity index (χ1v) is 6.95. The molecule has 0 aliphatic heterocycles. The minimum absolute atomic E-state index is 0.204. The molecule has 3 aromatic rings. The van der Waals surface area contributed by atoms with Crippen LogP contribution in [0.15, 0.2) is 30.2 Å². The quantitative estimate of drug-likeness (QED) is 0.770. The Kier molecular flexibility index (Phi) is 3.37. The third-order valence-electron chi connectivity index (χ3n) is 2.84. The van der Waals surface area contributed by atoms with E-state index < -0.39 is 0 Å². The fourth-order valence-corrected chi connectivity index (χ4v) is 2.59. The number of aromatic nitrogens is 6. The van der Waals surface area contributed by atoms with Crippen LogP contribution in [-0.2, 0) is 13.0 Å². The molecule has 0 aliphatic carbocycles. The lowest BCUT2D eigenvalue weighted by Crippen LogP contribution is -2.08. The second-order valence-electron chi connectivity index (χ2n) is 4.42. The van der Waals surface area contributed by atoms with Crippen LogP contribution in [0.4, 0.5) is 0 Å². The van der Waals surface area contributed by atoms with Crippen LogP contribution in [0.1, 0.15) is 29.4 Å². The van der Waals surface area contributed by atoms with Crippen LogP contribution in [0.3, 0.4) is 0 Å². The van der Waals surface area contributed by atoms with Crippen molar-refractivity contribution in [1.29, 1.82) is 0 Å². The molecular formula is C12H14N6S. The van der Waals surface area contributed by atoms with Gasteiger partial charge in [0.05, 0.1) is 6.54 Å². The second kappa shape index (κ2) is 5.31. The van der Waals surface area contributed by atoms with E-state index in [1.165, 1.54) is 11.2 Å². The topological polar surface area (TPSA) is 72.3 Å². The molecule has 1 atom stereocenters. The van der Waals surface area contributed by atoms with Gasteiger partial charge in [0.1, 0.15) is 18.5 Å². The number of H-pyrrole nitrogens is 1. The normalized spacial score (nSPS) is 12.7. The van der Waals surface area contributed by atoms with E-state index in [0.29, 0.717) is 0 Å². The van der Waals surface area contributed by atoms with Crippen molar-refractivity contribution in [1.82, 2.24) is 29.9 Å². The van der Waals surface area contributed by atoms with Gasteiger partial charge in [0, 0.05) is 17.2 Å². The van der Waals surface area contributed by atoms with Gasteiger partial charge in [0.2, 0.25) is 0 Å². The summed E-state index contributed by atoms with van der Waals surface area (Å²) in [7, 11) is 0. The van der Waals surface area contributed by atoms with Gasteiger partial charge in [-0.2, -0.15) is 10.2 Å². The molecule has 0 aromatic carbocycles. The third kappa shape index (κ3) is 2.87. The lowest BCUT2D eigenvalue weighted by atomic mass is 10.2. The van der Waals surface area contributed by atoms with Crippen LogP contribution in [0, 0.1) is 0 Å². The predicted molar refractivity (Wildman–Crippen MR) is 71.9 cm³/mol. The van der Waals surface area contributed by atoms with E-state index in [2.05, 4.69) is 43.6 Å². The largest absolute Gasteiger partial charge is 0.263 e. The molecular weight excluding hydrogens is 260 g/mol. The molecule has 7 heteroatoms. The van der Waals surface area contributed by atoms with Crippen LogP contribution in [0.5, 0.6) is 0 Å². The molecule has 0 unspecified atom stereocenters. The van der Waals surface area contributed by atoms with E-state index in [0.717, 1.165) is 24.6 Å². The Morgan fingerprint density at radius 3 is 3.16 bits per heavy atom. The average molecular weight is 274 g/mol. The van der Waals surface area contributed by atoms with E-state index in [-0.39, 0.29) is 5.92 Å². The van der Waals surface area contributed by atoms with Gasteiger partial charge in [-0.3, -0.25) is 9.78 Å². The monoisotopic (exact) mass is 274 g/mol. The van der Waals surface area contributed by atoms with E-state index >= 15 is 0 Å². The van der Waals surface area contributed by atoms with E-state index in [1.807, 2.05) is 6.07 Å². The average Bonchev–Trinajstić information content (AvgIpc) is 3.10. The molecule has 19 heavy (non-hydrogen) atoms. The highest BCUT2D eigenvalue weighted by Gasteiger charge is 2.13. The Bertz CT molecular complexity index is 613. The minimum atomic E-state index is 0.204. The predicted octanol–water partition coefficient (Wildman–Crippen LogP) is 1.85. The third-order valence-corrected chi connectivity index (χ3v) is 3.72. The van der Waals surface area contributed by atoms with Crippen molar-refractivity contribution in [2.24, 2.45) is 0 Å². The summed E-state index contributed by atoms with van der Waals surface area (Å²) in [6, 6.07) is 4.15. The van der Waals surface area contributed by atoms with Crippen LogP contribution in [0.2, 0.25) is 0 Å². The molecule has 3 heterocycles. The Hall–Kier alpha value is -2.02. The van der Waals surface area contributed by atoms with Gasteiger partial charge in [0.15, 0.2) is 5.82 Å². The molecule has 1 N–H and O–H groups in total. The van der Waals surface area contributed by atoms with E-state index in [4.69, 9.17) is 0 Å². The maximum Gasteiger partial charge on any atom is 0.155 e. The van der Waals surface area contributed by atoms with Gasteiger partial charge < -0.3 is 0 Å². The maximum atomic E-state index is 4.54. The molecule has 6 nitrogen and oxygen atoms in total. The molecule has 0 saturated heterocycles. The van der Waals surface area contributed by atoms with Gasteiger partial charge in [-0.15, -0.1) is 11.3 Å². The summed E-state index contributed by atoms with van der Waals surface area (Å²) in [6.07, 6.45) is 4.04. The summed E-state index contributed by atoms with van der Waals surface area (Å²) in [5.41, 5.74) is 0. The minimum Gasteiger partial charge on any atom is -0.263 e. The smallest absolute Gasteiger partial charge is 0.155 e. The number of rotatable bonds is 5. The van der Waals surface area contributed by atoms with Crippen LogP contribution >= 0.6 is 11.3 Å². The molecule has 0 radical (unpaired) electrons. The van der Waals surface area contributed by atoms with Crippen molar-refractivity contribution in [2.45, 2.75) is 25.8 Å². The molecule has 0 saturated carbocycles.